The standard InChI is InChI=1S/C15H12IN3/c1-11-2-8-14(9-3-11)19-10-15(17-18-19)12-4-6-13(16)7-5-12/h2-10H,1H3. The van der Waals surface area contributed by atoms with Gasteiger partial charge < -0.3 is 0 Å². The van der Waals surface area contributed by atoms with E-state index >= 15 is 0 Å². The zero-order chi connectivity index (χ0) is 13.2. The maximum Gasteiger partial charge on any atom is 0.113 e. The lowest BCUT2D eigenvalue weighted by molar-refractivity contribution is 0.803. The molecule has 0 amide bonds. The predicted molar refractivity (Wildman–Crippen MR) is 84.2 cm³/mol. The number of hydrogen-bond donors (Lipinski definition) is 0. The number of nitrogens with zero attached hydrogens (tertiary/aromatic N) is 3. The van der Waals surface area contributed by atoms with E-state index in [0.29, 0.717) is 0 Å². The van der Waals surface area contributed by atoms with Crippen LogP contribution in [0.3, 0.4) is 0 Å². The molecule has 0 spiro atoms. The van der Waals surface area contributed by atoms with Crippen LogP contribution < -0.4 is 0 Å². The lowest BCUT2D eigenvalue weighted by Gasteiger charge is -1.99. The number of aromatic nitrogens is 3. The zero-order valence-electron chi connectivity index (χ0n) is 10.4. The molecule has 1 heterocycles. The molecule has 0 aliphatic carbocycles. The molecule has 0 fully saturated rings. The molecular weight excluding hydrogens is 349 g/mol. The highest BCUT2D eigenvalue weighted by molar-refractivity contribution is 14.1. The van der Waals surface area contributed by atoms with Gasteiger partial charge in [0.2, 0.25) is 0 Å². The van der Waals surface area contributed by atoms with Crippen LogP contribution >= 0.6 is 22.6 Å². The number of rotatable bonds is 2. The summed E-state index contributed by atoms with van der Waals surface area (Å²) in [6.07, 6.45) is 1.95. The fraction of sp³-hybridized carbons (Fsp3) is 0.0667. The molecule has 0 saturated heterocycles. The molecule has 94 valence electrons. The molecule has 0 aliphatic rings. The van der Waals surface area contributed by atoms with E-state index in [1.165, 1.54) is 9.13 Å². The fourth-order valence-electron chi connectivity index (χ4n) is 1.84. The first-order valence-electron chi connectivity index (χ1n) is 5.98. The molecule has 0 unspecified atom stereocenters. The van der Waals surface area contributed by atoms with Crippen molar-refractivity contribution in [2.24, 2.45) is 0 Å². The third kappa shape index (κ3) is 2.68. The SMILES string of the molecule is Cc1ccc(-n2cc(-c3ccc(I)cc3)nn2)cc1. The monoisotopic (exact) mass is 361 g/mol. The maximum atomic E-state index is 4.23. The minimum absolute atomic E-state index is 0.886. The van der Waals surface area contributed by atoms with E-state index in [-0.39, 0.29) is 0 Å². The number of hydrogen-bond acceptors (Lipinski definition) is 2. The molecule has 4 heteroatoms. The van der Waals surface area contributed by atoms with Gasteiger partial charge in [0.25, 0.3) is 0 Å². The highest BCUT2D eigenvalue weighted by atomic mass is 127. The first kappa shape index (κ1) is 12.3. The van der Waals surface area contributed by atoms with Crippen LogP contribution in [0.1, 0.15) is 5.56 Å². The van der Waals surface area contributed by atoms with E-state index in [1.54, 1.807) is 4.68 Å². The Hall–Kier alpha value is -1.69. The lowest BCUT2D eigenvalue weighted by atomic mass is 10.2. The summed E-state index contributed by atoms with van der Waals surface area (Å²) in [5.41, 5.74) is 4.23. The van der Waals surface area contributed by atoms with E-state index in [4.69, 9.17) is 0 Å². The van der Waals surface area contributed by atoms with Gasteiger partial charge in [-0.1, -0.05) is 35.0 Å². The topological polar surface area (TPSA) is 30.7 Å². The van der Waals surface area contributed by atoms with Gasteiger partial charge in [-0.2, -0.15) is 0 Å². The minimum atomic E-state index is 0.886. The van der Waals surface area contributed by atoms with Crippen LogP contribution in [-0.4, -0.2) is 15.0 Å². The molecule has 3 rings (SSSR count). The van der Waals surface area contributed by atoms with Gasteiger partial charge in [0.15, 0.2) is 0 Å². The Balaban J connectivity index is 1.95. The summed E-state index contributed by atoms with van der Waals surface area (Å²) >= 11 is 2.29. The predicted octanol–water partition coefficient (Wildman–Crippen LogP) is 3.85. The Morgan fingerprint density at radius 1 is 0.947 bits per heavy atom. The quantitative estimate of drug-likeness (QED) is 0.650. The van der Waals surface area contributed by atoms with Gasteiger partial charge in [0.1, 0.15) is 5.69 Å². The molecule has 0 radical (unpaired) electrons. The van der Waals surface area contributed by atoms with Gasteiger partial charge in [0, 0.05) is 9.13 Å². The Kier molecular flexibility index (Phi) is 3.33. The van der Waals surface area contributed by atoms with Gasteiger partial charge in [-0.3, -0.25) is 0 Å². The molecule has 0 aliphatic heterocycles. The van der Waals surface area contributed by atoms with Crippen LogP contribution in [0.25, 0.3) is 16.9 Å². The van der Waals surface area contributed by atoms with Gasteiger partial charge in [-0.15, -0.1) is 5.10 Å². The largest absolute Gasteiger partial charge is 0.220 e. The van der Waals surface area contributed by atoms with Gasteiger partial charge in [-0.05, 0) is 53.8 Å². The Morgan fingerprint density at radius 3 is 2.32 bits per heavy atom. The smallest absolute Gasteiger partial charge is 0.113 e. The van der Waals surface area contributed by atoms with Crippen molar-refractivity contribution in [1.29, 1.82) is 0 Å². The third-order valence-corrected chi connectivity index (χ3v) is 3.65. The highest BCUT2D eigenvalue weighted by Gasteiger charge is 2.04. The first-order chi connectivity index (χ1) is 9.22. The second kappa shape index (κ2) is 5.13. The summed E-state index contributed by atoms with van der Waals surface area (Å²) in [5, 5.41) is 8.41. The van der Waals surface area contributed by atoms with Crippen LogP contribution in [0.15, 0.2) is 54.7 Å². The average Bonchev–Trinajstić information content (AvgIpc) is 2.90. The van der Waals surface area contributed by atoms with E-state index < -0.39 is 0 Å². The molecule has 19 heavy (non-hydrogen) atoms. The van der Waals surface area contributed by atoms with Gasteiger partial charge >= 0.3 is 0 Å². The maximum absolute atomic E-state index is 4.23. The molecule has 3 aromatic rings. The van der Waals surface area contributed by atoms with E-state index in [9.17, 15) is 0 Å². The Morgan fingerprint density at radius 2 is 1.63 bits per heavy atom. The van der Waals surface area contributed by atoms with Crippen LogP contribution in [0.2, 0.25) is 0 Å². The Bertz CT molecular complexity index is 624. The van der Waals surface area contributed by atoms with Crippen molar-refractivity contribution in [3.05, 3.63) is 63.9 Å². The van der Waals surface area contributed by atoms with Crippen molar-refractivity contribution in [1.82, 2.24) is 15.0 Å². The summed E-state index contributed by atoms with van der Waals surface area (Å²) in [4.78, 5) is 0. The van der Waals surface area contributed by atoms with Crippen molar-refractivity contribution in [3.8, 4) is 16.9 Å². The minimum Gasteiger partial charge on any atom is -0.220 e. The number of aryl methyl sites for hydroxylation is 1. The van der Waals surface area contributed by atoms with Crippen molar-refractivity contribution >= 4 is 22.6 Å². The third-order valence-electron chi connectivity index (χ3n) is 2.93. The molecule has 3 nitrogen and oxygen atoms in total. The summed E-state index contributed by atoms with van der Waals surface area (Å²) in [5.74, 6) is 0. The van der Waals surface area contributed by atoms with Crippen molar-refractivity contribution in [2.45, 2.75) is 6.92 Å². The van der Waals surface area contributed by atoms with Crippen LogP contribution in [0.4, 0.5) is 0 Å². The second-order valence-corrected chi connectivity index (χ2v) is 5.64. The molecule has 1 aromatic heterocycles. The fourth-order valence-corrected chi connectivity index (χ4v) is 2.20. The normalized spacial score (nSPS) is 10.6. The van der Waals surface area contributed by atoms with Crippen molar-refractivity contribution in [2.75, 3.05) is 0 Å². The highest BCUT2D eigenvalue weighted by Crippen LogP contribution is 2.19. The summed E-state index contributed by atoms with van der Waals surface area (Å²) in [6.45, 7) is 2.07. The number of halogens is 1. The Labute approximate surface area is 125 Å². The average molecular weight is 361 g/mol. The molecule has 0 atom stereocenters. The zero-order valence-corrected chi connectivity index (χ0v) is 12.6. The van der Waals surface area contributed by atoms with Crippen molar-refractivity contribution < 1.29 is 0 Å². The molecule has 0 saturated carbocycles. The molecular formula is C15H12IN3. The van der Waals surface area contributed by atoms with Crippen LogP contribution in [-0.2, 0) is 0 Å². The number of benzene rings is 2. The molecule has 0 N–H and O–H groups in total. The molecule has 2 aromatic carbocycles. The van der Waals surface area contributed by atoms with E-state index in [1.807, 2.05) is 18.3 Å². The first-order valence-corrected chi connectivity index (χ1v) is 7.05. The summed E-state index contributed by atoms with van der Waals surface area (Å²) in [7, 11) is 0. The lowest BCUT2D eigenvalue weighted by Crippen LogP contribution is -1.94. The van der Waals surface area contributed by atoms with E-state index in [0.717, 1.165) is 16.9 Å². The van der Waals surface area contributed by atoms with E-state index in [2.05, 4.69) is 76.2 Å². The van der Waals surface area contributed by atoms with Crippen LogP contribution in [0.5, 0.6) is 0 Å². The van der Waals surface area contributed by atoms with Gasteiger partial charge in [-0.25, -0.2) is 4.68 Å². The van der Waals surface area contributed by atoms with Gasteiger partial charge in [0.05, 0.1) is 11.9 Å². The second-order valence-electron chi connectivity index (χ2n) is 4.39. The summed E-state index contributed by atoms with van der Waals surface area (Å²) in [6, 6.07) is 16.5. The molecule has 0 bridgehead atoms. The van der Waals surface area contributed by atoms with Crippen LogP contribution in [0, 0.1) is 10.5 Å². The summed E-state index contributed by atoms with van der Waals surface area (Å²) < 4.78 is 3.01. The van der Waals surface area contributed by atoms with Crippen molar-refractivity contribution in [3.63, 3.8) is 0 Å².